The molecule has 2 aromatic rings. The van der Waals surface area contributed by atoms with Crippen LogP contribution in [0.4, 0.5) is 0 Å². The Labute approximate surface area is 140 Å². The molecular weight excluding hydrogens is 330 g/mol. The van der Waals surface area contributed by atoms with Crippen LogP contribution in [0, 0.1) is 0 Å². The Bertz CT molecular complexity index is 861. The number of imidazole rings is 1. The van der Waals surface area contributed by atoms with Crippen molar-refractivity contribution in [2.75, 3.05) is 13.6 Å². The van der Waals surface area contributed by atoms with E-state index >= 15 is 0 Å². The monoisotopic (exact) mass is 349 g/mol. The summed E-state index contributed by atoms with van der Waals surface area (Å²) in [6.07, 6.45) is 4.35. The van der Waals surface area contributed by atoms with Gasteiger partial charge in [-0.15, -0.1) is 0 Å². The molecular formula is C15H19N5O3S. The van der Waals surface area contributed by atoms with Crippen molar-refractivity contribution < 1.29 is 13.2 Å². The highest BCUT2D eigenvalue weighted by molar-refractivity contribution is 7.89. The van der Waals surface area contributed by atoms with Crippen molar-refractivity contribution in [3.63, 3.8) is 0 Å². The first-order valence-corrected chi connectivity index (χ1v) is 9.06. The molecule has 0 aromatic carbocycles. The fourth-order valence-corrected chi connectivity index (χ4v) is 4.50. The third kappa shape index (κ3) is 2.92. The van der Waals surface area contributed by atoms with Crippen LogP contribution in [-0.4, -0.2) is 46.8 Å². The summed E-state index contributed by atoms with van der Waals surface area (Å²) in [5.41, 5.74) is 0.852. The van der Waals surface area contributed by atoms with E-state index in [1.165, 1.54) is 23.9 Å². The van der Waals surface area contributed by atoms with E-state index in [0.717, 1.165) is 6.42 Å². The summed E-state index contributed by atoms with van der Waals surface area (Å²) in [5.74, 6) is -0.297. The lowest BCUT2D eigenvalue weighted by molar-refractivity contribution is 0.0957. The fourth-order valence-electron chi connectivity index (χ4n) is 2.86. The van der Waals surface area contributed by atoms with E-state index < -0.39 is 10.0 Å². The van der Waals surface area contributed by atoms with Crippen LogP contribution in [-0.2, 0) is 17.1 Å². The maximum Gasteiger partial charge on any atom is 0.269 e. The third-order valence-corrected chi connectivity index (χ3v) is 5.82. The van der Waals surface area contributed by atoms with E-state index in [0.29, 0.717) is 18.7 Å². The van der Waals surface area contributed by atoms with Crippen LogP contribution >= 0.6 is 0 Å². The highest BCUT2D eigenvalue weighted by atomic mass is 32.2. The zero-order valence-electron chi connectivity index (χ0n) is 13.5. The summed E-state index contributed by atoms with van der Waals surface area (Å²) in [4.78, 5) is 20.1. The molecule has 0 saturated carbocycles. The topological polar surface area (TPSA) is 97.2 Å². The number of hydrogen-bond acceptors (Lipinski definition) is 5. The molecule has 1 amide bonds. The molecule has 0 aliphatic carbocycles. The van der Waals surface area contributed by atoms with Crippen LogP contribution in [0.5, 0.6) is 0 Å². The average molecular weight is 349 g/mol. The van der Waals surface area contributed by atoms with Crippen LogP contribution in [0.1, 0.15) is 35.1 Å². The van der Waals surface area contributed by atoms with Gasteiger partial charge in [-0.3, -0.25) is 4.79 Å². The number of hydrogen-bond donors (Lipinski definition) is 1. The molecule has 3 heterocycles. The van der Waals surface area contributed by atoms with E-state index in [1.54, 1.807) is 29.8 Å². The molecule has 1 aliphatic heterocycles. The summed E-state index contributed by atoms with van der Waals surface area (Å²) >= 11 is 0. The molecule has 1 N–H and O–H groups in total. The molecule has 0 radical (unpaired) electrons. The molecule has 1 aliphatic rings. The van der Waals surface area contributed by atoms with Crippen molar-refractivity contribution in [3.05, 3.63) is 42.1 Å². The number of amides is 1. The van der Waals surface area contributed by atoms with Gasteiger partial charge in [-0.1, -0.05) is 6.07 Å². The molecule has 0 unspecified atom stereocenters. The normalized spacial score (nSPS) is 18.7. The van der Waals surface area contributed by atoms with Crippen molar-refractivity contribution in [1.82, 2.24) is 24.2 Å². The first-order valence-electron chi connectivity index (χ1n) is 7.62. The highest BCUT2D eigenvalue weighted by Crippen LogP contribution is 2.35. The Morgan fingerprint density at radius 2 is 2.17 bits per heavy atom. The van der Waals surface area contributed by atoms with Crippen molar-refractivity contribution in [1.29, 1.82) is 0 Å². The molecule has 9 heteroatoms. The minimum atomic E-state index is -3.69. The zero-order valence-corrected chi connectivity index (χ0v) is 14.3. The quantitative estimate of drug-likeness (QED) is 0.876. The minimum Gasteiger partial charge on any atom is -0.354 e. The number of sulfonamides is 1. The van der Waals surface area contributed by atoms with Gasteiger partial charge in [0, 0.05) is 26.8 Å². The number of rotatable bonds is 4. The van der Waals surface area contributed by atoms with E-state index in [2.05, 4.69) is 15.3 Å². The molecule has 1 atom stereocenters. The molecule has 0 bridgehead atoms. The maximum atomic E-state index is 12.8. The van der Waals surface area contributed by atoms with Crippen molar-refractivity contribution in [3.8, 4) is 0 Å². The summed E-state index contributed by atoms with van der Waals surface area (Å²) < 4.78 is 28.7. The lowest BCUT2D eigenvalue weighted by Crippen LogP contribution is -2.31. The number of aryl methyl sites for hydroxylation is 1. The number of carbonyl (C=O) groups excluding carboxylic acids is 1. The van der Waals surface area contributed by atoms with Gasteiger partial charge in [-0.2, -0.15) is 4.31 Å². The van der Waals surface area contributed by atoms with Gasteiger partial charge < -0.3 is 9.88 Å². The zero-order chi connectivity index (χ0) is 17.3. The second-order valence-corrected chi connectivity index (χ2v) is 7.52. The smallest absolute Gasteiger partial charge is 0.269 e. The Hall–Kier alpha value is -2.26. The Morgan fingerprint density at radius 3 is 2.83 bits per heavy atom. The number of nitrogens with one attached hydrogen (secondary N) is 1. The molecule has 8 nitrogen and oxygen atoms in total. The average Bonchev–Trinajstić information content (AvgIpc) is 3.23. The van der Waals surface area contributed by atoms with Gasteiger partial charge in [0.1, 0.15) is 5.69 Å². The third-order valence-electron chi connectivity index (χ3n) is 4.03. The van der Waals surface area contributed by atoms with E-state index in [-0.39, 0.29) is 22.7 Å². The molecule has 24 heavy (non-hydrogen) atoms. The molecule has 128 valence electrons. The van der Waals surface area contributed by atoms with E-state index in [4.69, 9.17) is 0 Å². The first kappa shape index (κ1) is 16.6. The molecule has 0 spiro atoms. The SMILES string of the molecule is CNC(=O)c1cccc([C@H]2CCCN2S(=O)(=O)c2cn(C)cn2)n1. The second-order valence-electron chi connectivity index (χ2n) is 5.68. The van der Waals surface area contributed by atoms with Crippen LogP contribution in [0.3, 0.4) is 0 Å². The highest BCUT2D eigenvalue weighted by Gasteiger charge is 2.38. The predicted octanol–water partition coefficient (Wildman–Crippen LogP) is 0.700. The fraction of sp³-hybridized carbons (Fsp3) is 0.400. The van der Waals surface area contributed by atoms with Gasteiger partial charge in [0.15, 0.2) is 5.03 Å². The van der Waals surface area contributed by atoms with Gasteiger partial charge in [0.05, 0.1) is 18.1 Å². The van der Waals surface area contributed by atoms with Gasteiger partial charge in [0.2, 0.25) is 0 Å². The summed E-state index contributed by atoms with van der Waals surface area (Å²) in [5, 5.41) is 2.55. The maximum absolute atomic E-state index is 12.8. The van der Waals surface area contributed by atoms with E-state index in [1.807, 2.05) is 0 Å². The second kappa shape index (κ2) is 6.33. The lowest BCUT2D eigenvalue weighted by Gasteiger charge is -2.22. The summed E-state index contributed by atoms with van der Waals surface area (Å²) in [6, 6.07) is 4.69. The Kier molecular flexibility index (Phi) is 4.37. The lowest BCUT2D eigenvalue weighted by atomic mass is 10.1. The largest absolute Gasteiger partial charge is 0.354 e. The Morgan fingerprint density at radius 1 is 1.38 bits per heavy atom. The number of aromatic nitrogens is 3. The van der Waals surface area contributed by atoms with Crippen LogP contribution in [0.25, 0.3) is 0 Å². The number of nitrogens with zero attached hydrogens (tertiary/aromatic N) is 4. The van der Waals surface area contributed by atoms with Crippen LogP contribution in [0.2, 0.25) is 0 Å². The molecule has 1 saturated heterocycles. The first-order chi connectivity index (χ1) is 11.4. The standard InChI is InChI=1S/C15H19N5O3S/c1-16-15(21)12-6-3-5-11(18-12)13-7-4-8-20(13)24(22,23)14-9-19(2)10-17-14/h3,5-6,9-10,13H,4,7-8H2,1-2H3,(H,16,21)/t13-/m1/s1. The number of pyridine rings is 1. The van der Waals surface area contributed by atoms with Crippen molar-refractivity contribution in [2.45, 2.75) is 23.9 Å². The summed E-state index contributed by atoms with van der Waals surface area (Å²) in [6.45, 7) is 0.412. The van der Waals surface area contributed by atoms with Crippen LogP contribution < -0.4 is 5.32 Å². The van der Waals surface area contributed by atoms with Crippen molar-refractivity contribution in [2.24, 2.45) is 7.05 Å². The van der Waals surface area contributed by atoms with Crippen molar-refractivity contribution >= 4 is 15.9 Å². The van der Waals surface area contributed by atoms with E-state index in [9.17, 15) is 13.2 Å². The van der Waals surface area contributed by atoms with Gasteiger partial charge in [-0.05, 0) is 25.0 Å². The van der Waals surface area contributed by atoms with Gasteiger partial charge >= 0.3 is 0 Å². The predicted molar refractivity (Wildman–Crippen MR) is 86.7 cm³/mol. The minimum absolute atomic E-state index is 0.0272. The molecule has 1 fully saturated rings. The Balaban J connectivity index is 1.95. The summed E-state index contributed by atoms with van der Waals surface area (Å²) in [7, 11) is -0.437. The van der Waals surface area contributed by atoms with Gasteiger partial charge in [-0.25, -0.2) is 18.4 Å². The van der Waals surface area contributed by atoms with Crippen LogP contribution in [0.15, 0.2) is 35.7 Å². The van der Waals surface area contributed by atoms with Gasteiger partial charge in [0.25, 0.3) is 15.9 Å². The number of carbonyl (C=O) groups is 1. The molecule has 2 aromatic heterocycles. The molecule has 3 rings (SSSR count).